The topological polar surface area (TPSA) is 74.6 Å². The molecule has 1 aliphatic rings. The summed E-state index contributed by atoms with van der Waals surface area (Å²) in [7, 11) is 0. The average molecular weight is 586 g/mol. The molecule has 1 saturated heterocycles. The molecule has 1 fully saturated rings. The van der Waals surface area contributed by atoms with Crippen LogP contribution in [0, 0.1) is 11.3 Å². The van der Waals surface area contributed by atoms with Crippen LogP contribution < -0.4 is 10.1 Å². The van der Waals surface area contributed by atoms with E-state index >= 15 is 0 Å². The molecule has 216 valence electrons. The highest BCUT2D eigenvalue weighted by Crippen LogP contribution is 2.35. The van der Waals surface area contributed by atoms with Gasteiger partial charge in [0.05, 0.1) is 11.6 Å². The van der Waals surface area contributed by atoms with E-state index in [1.54, 1.807) is 23.1 Å². The lowest BCUT2D eigenvalue weighted by molar-refractivity contribution is -0.274. The van der Waals surface area contributed by atoms with E-state index in [2.05, 4.69) is 10.1 Å². The van der Waals surface area contributed by atoms with Gasteiger partial charge in [-0.15, -0.1) is 13.2 Å². The van der Waals surface area contributed by atoms with Gasteiger partial charge in [-0.25, -0.2) is 4.79 Å². The maximum atomic E-state index is 13.3. The molecule has 3 aromatic rings. The zero-order valence-corrected chi connectivity index (χ0v) is 23.7. The van der Waals surface area contributed by atoms with Gasteiger partial charge in [-0.3, -0.25) is 0 Å². The van der Waals surface area contributed by atoms with Crippen molar-refractivity contribution < 1.29 is 27.4 Å². The number of carbonyl (C=O) groups excluding carboxylic acids is 1. The summed E-state index contributed by atoms with van der Waals surface area (Å²) in [5, 5.41) is 12.9. The normalized spacial score (nSPS) is 17.6. The number of alkyl halides is 3. The molecule has 0 radical (unpaired) electrons. The monoisotopic (exact) mass is 585 g/mol. The third-order valence-corrected chi connectivity index (χ3v) is 7.05. The number of amides is 1. The van der Waals surface area contributed by atoms with Gasteiger partial charge < -0.3 is 19.7 Å². The molecule has 3 aromatic carbocycles. The summed E-state index contributed by atoms with van der Waals surface area (Å²) in [6.07, 6.45) is -4.70. The maximum Gasteiger partial charge on any atom is 0.573 e. The van der Waals surface area contributed by atoms with Crippen molar-refractivity contribution in [3.05, 3.63) is 88.4 Å². The van der Waals surface area contributed by atoms with Crippen LogP contribution in [0.4, 0.5) is 18.0 Å². The minimum absolute atomic E-state index is 0.0770. The highest BCUT2D eigenvalue weighted by atomic mass is 35.5. The first kappa shape index (κ1) is 30.2. The van der Waals surface area contributed by atoms with Gasteiger partial charge in [-0.2, -0.15) is 5.26 Å². The number of benzene rings is 3. The van der Waals surface area contributed by atoms with Gasteiger partial charge in [-0.1, -0.05) is 54.1 Å². The predicted molar refractivity (Wildman–Crippen MR) is 151 cm³/mol. The van der Waals surface area contributed by atoms with E-state index in [-0.39, 0.29) is 24.3 Å². The molecule has 1 amide bonds. The van der Waals surface area contributed by atoms with E-state index in [1.165, 1.54) is 18.2 Å². The Morgan fingerprint density at radius 1 is 1.10 bits per heavy atom. The molecule has 41 heavy (non-hydrogen) atoms. The molecule has 0 aliphatic carbocycles. The maximum absolute atomic E-state index is 13.3. The van der Waals surface area contributed by atoms with Crippen LogP contribution in [0.25, 0.3) is 11.1 Å². The summed E-state index contributed by atoms with van der Waals surface area (Å²) in [6.45, 7) is 6.34. The standard InChI is InChI=1S/C31H31ClF3N3O3/c1-30(2,3)41-29(39)38-14-13-27(25(19-38)21-7-5-4-6-8-21)37-18-23-16-22(10-12-28(23)40-31(33,34)35)24-11-9-20(17-36)15-26(24)32/h4-12,15-16,25,27,37H,13-14,18-19H2,1-3H3/t25-,27-/m0/s1. The first-order chi connectivity index (χ1) is 19.3. The smallest absolute Gasteiger partial charge is 0.444 e. The molecule has 4 rings (SSSR count). The SMILES string of the molecule is CC(C)(C)OC(=O)N1CC[C@H](NCc2cc(-c3ccc(C#N)cc3Cl)ccc2OC(F)(F)F)[C@H](c2ccccc2)C1. The molecule has 1 N–H and O–H groups in total. The van der Waals surface area contributed by atoms with Crippen molar-refractivity contribution in [2.45, 2.75) is 57.7 Å². The zero-order valence-electron chi connectivity index (χ0n) is 23.0. The Morgan fingerprint density at radius 3 is 2.46 bits per heavy atom. The first-order valence-corrected chi connectivity index (χ1v) is 13.6. The number of rotatable bonds is 6. The van der Waals surface area contributed by atoms with E-state index in [4.69, 9.17) is 21.6 Å². The van der Waals surface area contributed by atoms with Crippen molar-refractivity contribution in [3.63, 3.8) is 0 Å². The Balaban J connectivity index is 1.61. The van der Waals surface area contributed by atoms with Crippen LogP contribution in [-0.4, -0.2) is 42.1 Å². The third-order valence-electron chi connectivity index (χ3n) is 6.74. The van der Waals surface area contributed by atoms with Crippen molar-refractivity contribution in [2.24, 2.45) is 0 Å². The highest BCUT2D eigenvalue weighted by molar-refractivity contribution is 6.33. The molecular weight excluding hydrogens is 555 g/mol. The summed E-state index contributed by atoms with van der Waals surface area (Å²) in [6, 6.07) is 20.7. The Hall–Kier alpha value is -3.74. The Labute approximate surface area is 242 Å². The molecule has 1 aliphatic heterocycles. The molecule has 0 bridgehead atoms. The van der Waals surface area contributed by atoms with E-state index < -0.39 is 18.1 Å². The van der Waals surface area contributed by atoms with Crippen LogP contribution in [-0.2, 0) is 11.3 Å². The van der Waals surface area contributed by atoms with Crippen LogP contribution in [0.3, 0.4) is 0 Å². The fourth-order valence-electron chi connectivity index (χ4n) is 4.90. The van der Waals surface area contributed by atoms with Crippen LogP contribution in [0.5, 0.6) is 5.75 Å². The Kier molecular flexibility index (Phi) is 9.15. The van der Waals surface area contributed by atoms with Gasteiger partial charge in [0, 0.05) is 47.7 Å². The number of hydrogen-bond donors (Lipinski definition) is 1. The first-order valence-electron chi connectivity index (χ1n) is 13.2. The van der Waals surface area contributed by atoms with E-state index in [0.717, 1.165) is 5.56 Å². The summed E-state index contributed by atoms with van der Waals surface area (Å²) in [5.41, 5.74) is 2.21. The van der Waals surface area contributed by atoms with Crippen LogP contribution in [0.2, 0.25) is 5.02 Å². The van der Waals surface area contributed by atoms with Crippen molar-refractivity contribution in [1.29, 1.82) is 5.26 Å². The molecule has 0 saturated carbocycles. The van der Waals surface area contributed by atoms with Gasteiger partial charge in [0.15, 0.2) is 0 Å². The van der Waals surface area contributed by atoms with Gasteiger partial charge in [0.25, 0.3) is 0 Å². The minimum atomic E-state index is -4.87. The Bertz CT molecular complexity index is 1420. The number of nitriles is 1. The second-order valence-electron chi connectivity index (χ2n) is 10.9. The summed E-state index contributed by atoms with van der Waals surface area (Å²) < 4.78 is 49.7. The van der Waals surface area contributed by atoms with Crippen molar-refractivity contribution in [3.8, 4) is 22.9 Å². The fourth-order valence-corrected chi connectivity index (χ4v) is 5.19. The van der Waals surface area contributed by atoms with Crippen molar-refractivity contribution in [1.82, 2.24) is 10.2 Å². The number of nitrogens with one attached hydrogen (secondary N) is 1. The van der Waals surface area contributed by atoms with E-state index in [0.29, 0.717) is 46.8 Å². The fraction of sp³-hybridized carbons (Fsp3) is 0.355. The molecular formula is C31H31ClF3N3O3. The lowest BCUT2D eigenvalue weighted by Crippen LogP contribution is -2.50. The number of hydrogen-bond acceptors (Lipinski definition) is 5. The Morgan fingerprint density at radius 2 is 1.83 bits per heavy atom. The van der Waals surface area contributed by atoms with E-state index in [1.807, 2.05) is 57.2 Å². The predicted octanol–water partition coefficient (Wildman–Crippen LogP) is 7.66. The van der Waals surface area contributed by atoms with E-state index in [9.17, 15) is 18.0 Å². The minimum Gasteiger partial charge on any atom is -0.444 e. The van der Waals surface area contributed by atoms with Crippen molar-refractivity contribution in [2.75, 3.05) is 13.1 Å². The van der Waals surface area contributed by atoms with Gasteiger partial charge in [-0.05, 0) is 62.6 Å². The molecule has 10 heteroatoms. The zero-order chi connectivity index (χ0) is 29.8. The van der Waals surface area contributed by atoms with Gasteiger partial charge in [0.1, 0.15) is 11.4 Å². The largest absolute Gasteiger partial charge is 0.573 e. The number of ether oxygens (including phenoxy) is 2. The second-order valence-corrected chi connectivity index (χ2v) is 11.3. The summed E-state index contributed by atoms with van der Waals surface area (Å²) in [5.74, 6) is -0.443. The number of carbonyl (C=O) groups is 1. The molecule has 0 spiro atoms. The third kappa shape index (κ3) is 8.15. The highest BCUT2D eigenvalue weighted by Gasteiger charge is 2.35. The lowest BCUT2D eigenvalue weighted by Gasteiger charge is -2.40. The number of halogens is 4. The number of likely N-dealkylation sites (tertiary alicyclic amines) is 1. The van der Waals surface area contributed by atoms with Crippen molar-refractivity contribution >= 4 is 17.7 Å². The number of nitrogens with zero attached hydrogens (tertiary/aromatic N) is 2. The number of piperidine rings is 1. The molecule has 0 unspecified atom stereocenters. The van der Waals surface area contributed by atoms with Gasteiger partial charge in [0.2, 0.25) is 0 Å². The quantitative estimate of drug-likeness (QED) is 0.321. The van der Waals surface area contributed by atoms with Gasteiger partial charge >= 0.3 is 12.5 Å². The van der Waals surface area contributed by atoms with Crippen LogP contribution >= 0.6 is 11.6 Å². The molecule has 6 nitrogen and oxygen atoms in total. The summed E-state index contributed by atoms with van der Waals surface area (Å²) >= 11 is 6.39. The average Bonchev–Trinajstić information content (AvgIpc) is 2.91. The van der Waals surface area contributed by atoms with Crippen LogP contribution in [0.15, 0.2) is 66.7 Å². The molecule has 1 heterocycles. The second kappa shape index (κ2) is 12.4. The lowest BCUT2D eigenvalue weighted by atomic mass is 9.86. The summed E-state index contributed by atoms with van der Waals surface area (Å²) in [4.78, 5) is 14.5. The molecule has 0 aromatic heterocycles. The van der Waals surface area contributed by atoms with Crippen LogP contribution in [0.1, 0.15) is 49.8 Å². The molecule has 2 atom stereocenters.